The standard InChI is InChI=1S/C21H25.C13H13.C8H5F3.2ClH.Zr/c1-20(2,3)16-9-7-14-11-15-8-10-17(21(4,5)6)13-19(15)18(14)12-16;1-10-8-11(2)13(9-10)12-6-4-3-5-7-12;1-6-2-4-7(5-3-6)8(9,10)11;;;/h7,9-10,12-13H,11H2,1-6H3;3-7,9-10H,1-2H3;1-5H;2*1H;/q2*-1;;;;+2/p-2. The third-order valence-electron chi connectivity index (χ3n) is 8.28. The predicted octanol–water partition coefficient (Wildman–Crippen LogP) is 5.53. The van der Waals surface area contributed by atoms with Gasteiger partial charge in [-0.05, 0) is 17.4 Å². The Morgan fingerprint density at radius 3 is 1.81 bits per heavy atom. The van der Waals surface area contributed by atoms with Gasteiger partial charge in [0.2, 0.25) is 0 Å². The molecular weight excluding hydrogens is 724 g/mol. The van der Waals surface area contributed by atoms with E-state index >= 15 is 0 Å². The van der Waals surface area contributed by atoms with Crippen LogP contribution in [0.2, 0.25) is 0 Å². The Bertz CT molecular complexity index is 1680. The molecule has 0 fully saturated rings. The van der Waals surface area contributed by atoms with Gasteiger partial charge in [-0.3, -0.25) is 6.08 Å². The second-order valence-electron chi connectivity index (χ2n) is 14.1. The van der Waals surface area contributed by atoms with E-state index < -0.39 is 11.7 Å². The summed E-state index contributed by atoms with van der Waals surface area (Å²) in [5.41, 5.74) is 12.9. The summed E-state index contributed by atoms with van der Waals surface area (Å²) in [7, 11) is 0. The van der Waals surface area contributed by atoms with Gasteiger partial charge in [0.1, 0.15) is 0 Å². The third-order valence-corrected chi connectivity index (χ3v) is 9.10. The SMILES string of the molecule is CC(C)(C)c1c[c-]c2c(c1)-c1cc(C(C)(C)C)ccc1C2.CC1=[C-]C(C)C=C1c1ccccc1.FC(F)(F)c1ccc([CH]=[Zr+2])cc1.[Cl-].[Cl-]. The first kappa shape index (κ1) is 41.7. The van der Waals surface area contributed by atoms with E-state index in [1.165, 1.54) is 86.5 Å². The topological polar surface area (TPSA) is 0 Å². The summed E-state index contributed by atoms with van der Waals surface area (Å²) in [6.45, 7) is 17.9. The van der Waals surface area contributed by atoms with Crippen LogP contribution in [0, 0.1) is 18.1 Å². The van der Waals surface area contributed by atoms with Crippen molar-refractivity contribution in [1.82, 2.24) is 0 Å². The molecule has 0 bridgehead atoms. The molecule has 1 unspecified atom stereocenters. The van der Waals surface area contributed by atoms with E-state index in [1.807, 2.05) is 9.78 Å². The Hall–Kier alpha value is -2.52. The average Bonchev–Trinajstić information content (AvgIpc) is 3.54. The van der Waals surface area contributed by atoms with Crippen LogP contribution < -0.4 is 24.8 Å². The van der Waals surface area contributed by atoms with Crippen molar-refractivity contribution in [2.24, 2.45) is 5.92 Å². The van der Waals surface area contributed by atoms with Gasteiger partial charge in [-0.15, -0.1) is 11.1 Å². The number of alkyl halides is 3. The summed E-state index contributed by atoms with van der Waals surface area (Å²) in [5.74, 6) is 0.468. The first-order valence-electron chi connectivity index (χ1n) is 15.7. The van der Waals surface area contributed by atoms with Gasteiger partial charge in [-0.1, -0.05) is 126 Å². The molecule has 1 atom stereocenters. The molecule has 0 aromatic heterocycles. The van der Waals surface area contributed by atoms with Crippen LogP contribution >= 0.6 is 0 Å². The monoisotopic (exact) mass is 764 g/mol. The van der Waals surface area contributed by atoms with Crippen LogP contribution in [0.25, 0.3) is 16.7 Å². The Morgan fingerprint density at radius 1 is 0.750 bits per heavy atom. The van der Waals surface area contributed by atoms with Crippen molar-refractivity contribution in [1.29, 1.82) is 0 Å². The molecule has 0 aliphatic heterocycles. The van der Waals surface area contributed by atoms with Crippen molar-refractivity contribution in [2.75, 3.05) is 0 Å². The Labute approximate surface area is 313 Å². The van der Waals surface area contributed by atoms with Crippen LogP contribution in [0.4, 0.5) is 13.2 Å². The summed E-state index contributed by atoms with van der Waals surface area (Å²) in [5, 5.41) is 0. The van der Waals surface area contributed by atoms with Crippen molar-refractivity contribution in [3.63, 3.8) is 0 Å². The number of benzene rings is 4. The Morgan fingerprint density at radius 2 is 1.31 bits per heavy atom. The molecule has 0 nitrogen and oxygen atoms in total. The summed E-state index contributed by atoms with van der Waals surface area (Å²) >= 11 is 1.18. The summed E-state index contributed by atoms with van der Waals surface area (Å²) < 4.78 is 37.9. The molecule has 0 radical (unpaired) electrons. The second-order valence-corrected chi connectivity index (χ2v) is 14.8. The molecule has 6 heteroatoms. The maximum atomic E-state index is 12.0. The molecule has 2 aliphatic rings. The molecule has 0 heterocycles. The zero-order valence-corrected chi connectivity index (χ0v) is 32.9. The molecular formula is C42H43Cl2F3Zr-2. The molecule has 0 saturated carbocycles. The molecule has 4 aromatic rings. The molecule has 2 aliphatic carbocycles. The van der Waals surface area contributed by atoms with Crippen molar-refractivity contribution < 1.29 is 62.2 Å². The molecule has 4 aromatic carbocycles. The molecule has 0 saturated heterocycles. The fourth-order valence-corrected chi connectivity index (χ4v) is 5.99. The van der Waals surface area contributed by atoms with Crippen LogP contribution in [0.15, 0.2) is 96.6 Å². The van der Waals surface area contributed by atoms with E-state index in [4.69, 9.17) is 0 Å². The molecule has 0 spiro atoms. The summed E-state index contributed by atoms with van der Waals surface area (Å²) in [4.78, 5) is 0. The number of rotatable bonds is 2. The number of allylic oxidation sites excluding steroid dienone is 4. The number of hydrogen-bond acceptors (Lipinski definition) is 0. The van der Waals surface area contributed by atoms with Gasteiger partial charge in [-0.25, -0.2) is 5.57 Å². The first-order chi connectivity index (χ1) is 21.5. The Balaban J connectivity index is 0.000000259. The minimum atomic E-state index is -4.22. The van der Waals surface area contributed by atoms with E-state index in [0.717, 1.165) is 24.1 Å². The normalized spacial score (nSPS) is 14.7. The van der Waals surface area contributed by atoms with Gasteiger partial charge in [0, 0.05) is 0 Å². The number of halogens is 5. The average molecular weight is 767 g/mol. The van der Waals surface area contributed by atoms with E-state index in [1.54, 1.807) is 0 Å². The number of hydrogen-bond donors (Lipinski definition) is 0. The maximum Gasteiger partial charge on any atom is -1.00 e. The summed E-state index contributed by atoms with van der Waals surface area (Å²) in [6, 6.07) is 30.7. The fraction of sp³-hybridized carbons (Fsp3) is 0.310. The zero-order chi connectivity index (χ0) is 33.9. The van der Waals surface area contributed by atoms with E-state index in [9.17, 15) is 13.2 Å². The Kier molecular flexibility index (Phi) is 14.7. The molecule has 252 valence electrons. The number of fused-ring (bicyclic) bond motifs is 3. The molecule has 6 rings (SSSR count). The zero-order valence-electron chi connectivity index (χ0n) is 28.9. The minimum absolute atomic E-state index is 0. The maximum absolute atomic E-state index is 12.0. The quantitative estimate of drug-likeness (QED) is 0.208. The van der Waals surface area contributed by atoms with Gasteiger partial charge in [0.05, 0.1) is 0 Å². The van der Waals surface area contributed by atoms with Gasteiger partial charge in [0.15, 0.2) is 0 Å². The van der Waals surface area contributed by atoms with Gasteiger partial charge in [0.25, 0.3) is 0 Å². The fourth-order valence-electron chi connectivity index (χ4n) is 5.52. The predicted molar refractivity (Wildman–Crippen MR) is 184 cm³/mol. The van der Waals surface area contributed by atoms with Gasteiger partial charge < -0.3 is 24.8 Å². The van der Waals surface area contributed by atoms with E-state index in [2.05, 4.69) is 128 Å². The summed E-state index contributed by atoms with van der Waals surface area (Å²) in [6.07, 6.45) is 2.46. The first-order valence-corrected chi connectivity index (χ1v) is 17.1. The smallest absolute Gasteiger partial charge is 1.00 e. The second kappa shape index (κ2) is 16.9. The van der Waals surface area contributed by atoms with Crippen molar-refractivity contribution in [3.8, 4) is 11.1 Å². The van der Waals surface area contributed by atoms with E-state index in [0.29, 0.717) is 5.92 Å². The van der Waals surface area contributed by atoms with E-state index in [-0.39, 0.29) is 35.6 Å². The van der Waals surface area contributed by atoms with Crippen molar-refractivity contribution in [3.05, 3.63) is 148 Å². The molecule has 48 heavy (non-hydrogen) atoms. The third kappa shape index (κ3) is 10.7. The molecule has 0 N–H and O–H groups in total. The van der Waals surface area contributed by atoms with Crippen LogP contribution in [-0.2, 0) is 47.7 Å². The largest absolute Gasteiger partial charge is 1.00 e. The van der Waals surface area contributed by atoms with Crippen molar-refractivity contribution in [2.45, 2.75) is 78.8 Å². The van der Waals surface area contributed by atoms with Crippen molar-refractivity contribution >= 4 is 9.28 Å². The van der Waals surface area contributed by atoms with Crippen LogP contribution in [0.3, 0.4) is 0 Å². The van der Waals surface area contributed by atoms with Crippen LogP contribution in [-0.4, -0.2) is 3.71 Å². The molecule has 0 amide bonds. The van der Waals surface area contributed by atoms with Crippen LogP contribution in [0.1, 0.15) is 94.3 Å². The van der Waals surface area contributed by atoms with Gasteiger partial charge in [-0.2, -0.15) is 41.0 Å². The van der Waals surface area contributed by atoms with Gasteiger partial charge >= 0.3 is 82.7 Å². The minimum Gasteiger partial charge on any atom is -1.00 e. The van der Waals surface area contributed by atoms with Crippen LogP contribution in [0.5, 0.6) is 0 Å².